The smallest absolute Gasteiger partial charge is 0.121 e. The molecule has 0 bridgehead atoms. The summed E-state index contributed by atoms with van der Waals surface area (Å²) in [5.41, 5.74) is 8.30. The molecule has 0 aliphatic rings. The predicted octanol–water partition coefficient (Wildman–Crippen LogP) is 3.12. The van der Waals surface area contributed by atoms with Gasteiger partial charge < -0.3 is 10.2 Å². The minimum atomic E-state index is -0.142. The van der Waals surface area contributed by atoms with Gasteiger partial charge in [0.2, 0.25) is 0 Å². The summed E-state index contributed by atoms with van der Waals surface area (Å²) in [6.45, 7) is 6.82. The molecule has 0 saturated heterocycles. The van der Waals surface area contributed by atoms with E-state index in [1.165, 1.54) is 0 Å². The van der Waals surface area contributed by atoms with E-state index in [2.05, 4.69) is 28.0 Å². The molecular formula is C13H18BrN3O. The number of hydrogen-bond donors (Lipinski definition) is 1. The van der Waals surface area contributed by atoms with Crippen LogP contribution in [-0.4, -0.2) is 9.78 Å². The van der Waals surface area contributed by atoms with E-state index >= 15 is 0 Å². The molecule has 0 saturated carbocycles. The summed E-state index contributed by atoms with van der Waals surface area (Å²) in [7, 11) is 0. The summed E-state index contributed by atoms with van der Waals surface area (Å²) in [5.74, 6) is 1.71. The standard InChI is InChI=1S/C13H18BrN3O/c1-4-17-11(13(14)9(3)16-17)7-10(15)12-6-5-8(2)18-12/h5-6,10H,4,7,15H2,1-3H3. The maximum atomic E-state index is 6.19. The van der Waals surface area contributed by atoms with Gasteiger partial charge >= 0.3 is 0 Å². The lowest BCUT2D eigenvalue weighted by atomic mass is 10.1. The molecule has 98 valence electrons. The minimum Gasteiger partial charge on any atom is -0.465 e. The fraction of sp³-hybridized carbons (Fsp3) is 0.462. The predicted molar refractivity (Wildman–Crippen MR) is 74.4 cm³/mol. The number of nitrogens with zero attached hydrogens (tertiary/aromatic N) is 2. The molecule has 2 rings (SSSR count). The number of rotatable bonds is 4. The monoisotopic (exact) mass is 311 g/mol. The summed E-state index contributed by atoms with van der Waals surface area (Å²) in [5, 5.41) is 4.46. The third kappa shape index (κ3) is 2.52. The van der Waals surface area contributed by atoms with E-state index in [9.17, 15) is 0 Å². The number of aryl methyl sites for hydroxylation is 3. The molecule has 18 heavy (non-hydrogen) atoms. The number of halogens is 1. The first kappa shape index (κ1) is 13.4. The lowest BCUT2D eigenvalue weighted by Gasteiger charge is -2.11. The van der Waals surface area contributed by atoms with E-state index in [0.29, 0.717) is 6.42 Å². The zero-order valence-electron chi connectivity index (χ0n) is 10.9. The summed E-state index contributed by atoms with van der Waals surface area (Å²) in [6.07, 6.45) is 0.711. The Morgan fingerprint density at radius 1 is 1.44 bits per heavy atom. The number of furan rings is 1. The van der Waals surface area contributed by atoms with Crippen molar-refractivity contribution in [1.82, 2.24) is 9.78 Å². The van der Waals surface area contributed by atoms with Gasteiger partial charge in [0.15, 0.2) is 0 Å². The molecule has 2 N–H and O–H groups in total. The van der Waals surface area contributed by atoms with Crippen LogP contribution in [0.5, 0.6) is 0 Å². The molecule has 0 aromatic carbocycles. The Bertz CT molecular complexity index is 544. The molecule has 0 aliphatic carbocycles. The van der Waals surface area contributed by atoms with Gasteiger partial charge in [0.1, 0.15) is 11.5 Å². The summed E-state index contributed by atoms with van der Waals surface area (Å²) >= 11 is 3.58. The van der Waals surface area contributed by atoms with Gasteiger partial charge in [0.25, 0.3) is 0 Å². The SMILES string of the molecule is CCn1nc(C)c(Br)c1CC(N)c1ccc(C)o1. The van der Waals surface area contributed by atoms with Crippen molar-refractivity contribution >= 4 is 15.9 Å². The van der Waals surface area contributed by atoms with Gasteiger partial charge in [-0.2, -0.15) is 5.10 Å². The first-order valence-electron chi connectivity index (χ1n) is 6.06. The van der Waals surface area contributed by atoms with Crippen molar-refractivity contribution in [2.75, 3.05) is 0 Å². The van der Waals surface area contributed by atoms with Crippen LogP contribution >= 0.6 is 15.9 Å². The first-order chi connectivity index (χ1) is 8.52. The fourth-order valence-corrected chi connectivity index (χ4v) is 2.47. The molecule has 2 heterocycles. The molecule has 5 heteroatoms. The molecule has 0 aliphatic heterocycles. The van der Waals surface area contributed by atoms with Crippen molar-refractivity contribution in [2.45, 2.75) is 39.8 Å². The lowest BCUT2D eigenvalue weighted by Crippen LogP contribution is -2.15. The van der Waals surface area contributed by atoms with Crippen LogP contribution in [-0.2, 0) is 13.0 Å². The number of nitrogens with two attached hydrogens (primary N) is 1. The zero-order chi connectivity index (χ0) is 13.3. The molecule has 0 fully saturated rings. The summed E-state index contributed by atoms with van der Waals surface area (Å²) in [4.78, 5) is 0. The average molecular weight is 312 g/mol. The highest BCUT2D eigenvalue weighted by Crippen LogP contribution is 2.26. The molecule has 0 spiro atoms. The van der Waals surface area contributed by atoms with Crippen molar-refractivity contribution in [1.29, 1.82) is 0 Å². The Hall–Kier alpha value is -1.07. The van der Waals surface area contributed by atoms with E-state index in [-0.39, 0.29) is 6.04 Å². The molecule has 1 unspecified atom stereocenters. The molecule has 2 aromatic rings. The molecular weight excluding hydrogens is 294 g/mol. The van der Waals surface area contributed by atoms with E-state index in [4.69, 9.17) is 10.2 Å². The van der Waals surface area contributed by atoms with Crippen molar-refractivity contribution in [3.05, 3.63) is 39.5 Å². The molecule has 0 amide bonds. The Labute approximate surface area is 115 Å². The second kappa shape index (κ2) is 5.28. The maximum Gasteiger partial charge on any atom is 0.121 e. The number of hydrogen-bond acceptors (Lipinski definition) is 3. The molecule has 2 aromatic heterocycles. The van der Waals surface area contributed by atoms with E-state index in [0.717, 1.165) is 33.9 Å². The largest absolute Gasteiger partial charge is 0.465 e. The minimum absolute atomic E-state index is 0.142. The Morgan fingerprint density at radius 2 is 2.17 bits per heavy atom. The molecule has 4 nitrogen and oxygen atoms in total. The number of aromatic nitrogens is 2. The van der Waals surface area contributed by atoms with E-state index in [1.807, 2.05) is 30.7 Å². The summed E-state index contributed by atoms with van der Waals surface area (Å²) in [6, 6.07) is 3.73. The molecule has 1 atom stereocenters. The highest BCUT2D eigenvalue weighted by atomic mass is 79.9. The van der Waals surface area contributed by atoms with Crippen LogP contribution in [0.15, 0.2) is 21.0 Å². The average Bonchev–Trinajstić information content (AvgIpc) is 2.88. The Morgan fingerprint density at radius 3 is 2.72 bits per heavy atom. The fourth-order valence-electron chi connectivity index (χ4n) is 2.03. The van der Waals surface area contributed by atoms with Crippen molar-refractivity contribution < 1.29 is 4.42 Å². The van der Waals surface area contributed by atoms with Crippen LogP contribution < -0.4 is 5.73 Å². The van der Waals surface area contributed by atoms with Gasteiger partial charge in [-0.15, -0.1) is 0 Å². The van der Waals surface area contributed by atoms with Crippen molar-refractivity contribution in [2.24, 2.45) is 5.73 Å². The van der Waals surface area contributed by atoms with E-state index in [1.54, 1.807) is 0 Å². The quantitative estimate of drug-likeness (QED) is 0.943. The second-order valence-corrected chi connectivity index (χ2v) is 5.21. The second-order valence-electron chi connectivity index (χ2n) is 4.42. The third-order valence-corrected chi connectivity index (χ3v) is 4.02. The van der Waals surface area contributed by atoms with Crippen LogP contribution in [0.3, 0.4) is 0 Å². The normalized spacial score (nSPS) is 12.9. The zero-order valence-corrected chi connectivity index (χ0v) is 12.5. The van der Waals surface area contributed by atoms with Gasteiger partial charge in [-0.05, 0) is 48.8 Å². The van der Waals surface area contributed by atoms with Gasteiger partial charge in [-0.25, -0.2) is 0 Å². The molecule has 0 radical (unpaired) electrons. The summed E-state index contributed by atoms with van der Waals surface area (Å²) < 4.78 is 8.59. The van der Waals surface area contributed by atoms with Crippen LogP contribution in [0.4, 0.5) is 0 Å². The van der Waals surface area contributed by atoms with Crippen LogP contribution in [0.2, 0.25) is 0 Å². The topological polar surface area (TPSA) is 57.0 Å². The highest BCUT2D eigenvalue weighted by Gasteiger charge is 2.18. The van der Waals surface area contributed by atoms with Crippen LogP contribution in [0.1, 0.15) is 35.9 Å². The van der Waals surface area contributed by atoms with Crippen molar-refractivity contribution in [3.63, 3.8) is 0 Å². The van der Waals surface area contributed by atoms with E-state index < -0.39 is 0 Å². The van der Waals surface area contributed by atoms with Crippen molar-refractivity contribution in [3.8, 4) is 0 Å². The first-order valence-corrected chi connectivity index (χ1v) is 6.86. The van der Waals surface area contributed by atoms with Gasteiger partial charge in [0.05, 0.1) is 21.9 Å². The highest BCUT2D eigenvalue weighted by molar-refractivity contribution is 9.10. The van der Waals surface area contributed by atoms with Crippen LogP contribution in [0.25, 0.3) is 0 Å². The lowest BCUT2D eigenvalue weighted by molar-refractivity contribution is 0.438. The van der Waals surface area contributed by atoms with Gasteiger partial charge in [-0.3, -0.25) is 4.68 Å². The Kier molecular flexibility index (Phi) is 3.92. The van der Waals surface area contributed by atoms with Gasteiger partial charge in [0, 0.05) is 13.0 Å². The van der Waals surface area contributed by atoms with Crippen LogP contribution in [0, 0.1) is 13.8 Å². The Balaban J connectivity index is 2.23. The third-order valence-electron chi connectivity index (χ3n) is 2.99. The van der Waals surface area contributed by atoms with Gasteiger partial charge in [-0.1, -0.05) is 0 Å². The maximum absolute atomic E-state index is 6.19.